The summed E-state index contributed by atoms with van der Waals surface area (Å²) in [6.07, 6.45) is 0. The van der Waals surface area contributed by atoms with Crippen LogP contribution in [0.4, 0.5) is 5.69 Å². The summed E-state index contributed by atoms with van der Waals surface area (Å²) in [5.74, 6) is 0.150. The lowest BCUT2D eigenvalue weighted by Crippen LogP contribution is -2.05. The fraction of sp³-hybridized carbons (Fsp3) is 0.231. The van der Waals surface area contributed by atoms with Crippen LogP contribution in [0.3, 0.4) is 0 Å². The Morgan fingerprint density at radius 3 is 2.53 bits per heavy atom. The summed E-state index contributed by atoms with van der Waals surface area (Å²) in [5.41, 5.74) is 2.16. The SMILES string of the molecule is CC(=O)Nc1ccc2oc(C(C)=O)c(C)c2c1. The van der Waals surface area contributed by atoms with Gasteiger partial charge >= 0.3 is 0 Å². The summed E-state index contributed by atoms with van der Waals surface area (Å²) < 4.78 is 5.46. The van der Waals surface area contributed by atoms with Gasteiger partial charge in [-0.15, -0.1) is 0 Å². The molecule has 1 heterocycles. The van der Waals surface area contributed by atoms with E-state index in [2.05, 4.69) is 5.32 Å². The summed E-state index contributed by atoms with van der Waals surface area (Å²) in [4.78, 5) is 22.3. The normalized spacial score (nSPS) is 10.5. The first-order valence-electron chi connectivity index (χ1n) is 5.30. The third kappa shape index (κ3) is 2.06. The molecule has 0 bridgehead atoms. The maximum Gasteiger partial charge on any atom is 0.221 e. The summed E-state index contributed by atoms with van der Waals surface area (Å²) in [7, 11) is 0. The molecule has 0 unspecified atom stereocenters. The highest BCUT2D eigenvalue weighted by molar-refractivity contribution is 6.00. The smallest absolute Gasteiger partial charge is 0.221 e. The summed E-state index contributed by atoms with van der Waals surface area (Å²) in [5, 5.41) is 3.55. The second-order valence-electron chi connectivity index (χ2n) is 4.00. The largest absolute Gasteiger partial charge is 0.453 e. The Labute approximate surface area is 98.6 Å². The number of fused-ring (bicyclic) bond motifs is 1. The van der Waals surface area contributed by atoms with Gasteiger partial charge in [-0.2, -0.15) is 0 Å². The second-order valence-corrected chi connectivity index (χ2v) is 4.00. The first-order chi connectivity index (χ1) is 7.99. The van der Waals surface area contributed by atoms with Crippen molar-refractivity contribution in [2.24, 2.45) is 0 Å². The van der Waals surface area contributed by atoms with Crippen LogP contribution in [0.2, 0.25) is 0 Å². The number of anilines is 1. The molecule has 1 aromatic heterocycles. The van der Waals surface area contributed by atoms with Crippen LogP contribution >= 0.6 is 0 Å². The highest BCUT2D eigenvalue weighted by Gasteiger charge is 2.14. The topological polar surface area (TPSA) is 59.3 Å². The Bertz CT molecular complexity index is 610. The van der Waals surface area contributed by atoms with Crippen LogP contribution in [0.1, 0.15) is 30.0 Å². The van der Waals surface area contributed by atoms with Gasteiger partial charge in [-0.25, -0.2) is 0 Å². The molecule has 4 heteroatoms. The minimum absolute atomic E-state index is 0.0974. The molecule has 1 amide bonds. The number of rotatable bonds is 2. The lowest BCUT2D eigenvalue weighted by molar-refractivity contribution is -0.114. The number of hydrogen-bond acceptors (Lipinski definition) is 3. The Balaban J connectivity index is 2.57. The molecule has 1 N–H and O–H groups in total. The third-order valence-electron chi connectivity index (χ3n) is 2.58. The molecule has 4 nitrogen and oxygen atoms in total. The van der Waals surface area contributed by atoms with Gasteiger partial charge in [-0.05, 0) is 25.1 Å². The molecule has 0 radical (unpaired) electrons. The first kappa shape index (κ1) is 11.4. The molecule has 0 spiro atoms. The quantitative estimate of drug-likeness (QED) is 0.808. The fourth-order valence-corrected chi connectivity index (χ4v) is 1.84. The van der Waals surface area contributed by atoms with Crippen molar-refractivity contribution in [1.82, 2.24) is 0 Å². The molecule has 0 fully saturated rings. The molecule has 0 aliphatic carbocycles. The van der Waals surface area contributed by atoms with E-state index in [9.17, 15) is 9.59 Å². The predicted octanol–water partition coefficient (Wildman–Crippen LogP) is 2.90. The van der Waals surface area contributed by atoms with Crippen LogP contribution < -0.4 is 5.32 Å². The van der Waals surface area contributed by atoms with Crippen LogP contribution in [0.15, 0.2) is 22.6 Å². The van der Waals surface area contributed by atoms with E-state index < -0.39 is 0 Å². The highest BCUT2D eigenvalue weighted by Crippen LogP contribution is 2.28. The lowest BCUT2D eigenvalue weighted by atomic mass is 10.1. The van der Waals surface area contributed by atoms with Crippen molar-refractivity contribution >= 4 is 28.3 Å². The van der Waals surface area contributed by atoms with Gasteiger partial charge < -0.3 is 9.73 Å². The number of aryl methyl sites for hydroxylation is 1. The first-order valence-corrected chi connectivity index (χ1v) is 5.30. The van der Waals surface area contributed by atoms with E-state index in [-0.39, 0.29) is 11.7 Å². The van der Waals surface area contributed by atoms with Crippen molar-refractivity contribution < 1.29 is 14.0 Å². The van der Waals surface area contributed by atoms with Crippen LogP contribution in [-0.4, -0.2) is 11.7 Å². The monoisotopic (exact) mass is 231 g/mol. The van der Waals surface area contributed by atoms with Crippen molar-refractivity contribution in [3.8, 4) is 0 Å². The Kier molecular flexibility index (Phi) is 2.71. The molecule has 17 heavy (non-hydrogen) atoms. The Morgan fingerprint density at radius 1 is 1.24 bits per heavy atom. The van der Waals surface area contributed by atoms with Gasteiger partial charge in [-0.1, -0.05) is 0 Å². The van der Waals surface area contributed by atoms with Gasteiger partial charge in [0.05, 0.1) is 0 Å². The Hall–Kier alpha value is -2.10. The fourth-order valence-electron chi connectivity index (χ4n) is 1.84. The van der Waals surface area contributed by atoms with E-state index in [1.807, 2.05) is 13.0 Å². The van der Waals surface area contributed by atoms with Crippen molar-refractivity contribution in [3.05, 3.63) is 29.5 Å². The predicted molar refractivity (Wildman–Crippen MR) is 65.3 cm³/mol. The van der Waals surface area contributed by atoms with Crippen LogP contribution in [0.25, 0.3) is 11.0 Å². The van der Waals surface area contributed by atoms with Gasteiger partial charge in [0.2, 0.25) is 5.91 Å². The number of carbonyl (C=O) groups excluding carboxylic acids is 2. The Morgan fingerprint density at radius 2 is 1.94 bits per heavy atom. The van der Waals surface area contributed by atoms with Gasteiger partial charge in [0.25, 0.3) is 0 Å². The summed E-state index contributed by atoms with van der Waals surface area (Å²) in [6, 6.07) is 5.30. The molecule has 0 saturated heterocycles. The second kappa shape index (κ2) is 4.05. The number of carbonyl (C=O) groups is 2. The molecule has 2 rings (SSSR count). The molecule has 1 aromatic carbocycles. The van der Waals surface area contributed by atoms with E-state index in [1.165, 1.54) is 13.8 Å². The zero-order valence-electron chi connectivity index (χ0n) is 9.96. The van der Waals surface area contributed by atoms with Gasteiger partial charge in [-0.3, -0.25) is 9.59 Å². The van der Waals surface area contributed by atoms with Gasteiger partial charge in [0.15, 0.2) is 11.5 Å². The standard InChI is InChI=1S/C13H13NO3/c1-7-11-6-10(14-9(3)16)4-5-12(11)17-13(7)8(2)15/h4-6H,1-3H3,(H,14,16). The van der Waals surface area contributed by atoms with E-state index in [0.717, 1.165) is 10.9 Å². The number of hydrogen-bond donors (Lipinski definition) is 1. The minimum Gasteiger partial charge on any atom is -0.453 e. The van der Waals surface area contributed by atoms with E-state index >= 15 is 0 Å². The third-order valence-corrected chi connectivity index (χ3v) is 2.58. The van der Waals surface area contributed by atoms with Crippen molar-refractivity contribution in [2.45, 2.75) is 20.8 Å². The van der Waals surface area contributed by atoms with Crippen LogP contribution in [0, 0.1) is 6.92 Å². The molecule has 88 valence electrons. The number of amides is 1. The maximum absolute atomic E-state index is 11.3. The molecule has 0 atom stereocenters. The molecular formula is C13H13NO3. The number of furan rings is 1. The van der Waals surface area contributed by atoms with E-state index in [4.69, 9.17) is 4.42 Å². The van der Waals surface area contributed by atoms with Crippen molar-refractivity contribution in [1.29, 1.82) is 0 Å². The number of benzene rings is 1. The molecule has 2 aromatic rings. The molecule has 0 aliphatic heterocycles. The number of Topliss-reactive ketones (excluding diaryl/α,β-unsaturated/α-hetero) is 1. The summed E-state index contributed by atoms with van der Waals surface area (Å²) in [6.45, 7) is 4.76. The van der Waals surface area contributed by atoms with E-state index in [1.54, 1.807) is 12.1 Å². The van der Waals surface area contributed by atoms with Gasteiger partial charge in [0, 0.05) is 30.5 Å². The highest BCUT2D eigenvalue weighted by atomic mass is 16.3. The molecule has 0 aliphatic rings. The maximum atomic E-state index is 11.3. The molecule has 0 saturated carbocycles. The zero-order valence-corrected chi connectivity index (χ0v) is 9.96. The zero-order chi connectivity index (χ0) is 12.6. The average Bonchev–Trinajstić information content (AvgIpc) is 2.56. The van der Waals surface area contributed by atoms with E-state index in [0.29, 0.717) is 17.0 Å². The lowest BCUT2D eigenvalue weighted by Gasteiger charge is -2.00. The van der Waals surface area contributed by atoms with Crippen LogP contribution in [0.5, 0.6) is 0 Å². The van der Waals surface area contributed by atoms with Gasteiger partial charge in [0.1, 0.15) is 5.58 Å². The van der Waals surface area contributed by atoms with Crippen molar-refractivity contribution in [3.63, 3.8) is 0 Å². The van der Waals surface area contributed by atoms with Crippen LogP contribution in [-0.2, 0) is 4.79 Å². The minimum atomic E-state index is -0.128. The number of ketones is 1. The van der Waals surface area contributed by atoms with Crippen molar-refractivity contribution in [2.75, 3.05) is 5.32 Å². The molecular weight excluding hydrogens is 218 g/mol. The number of nitrogens with one attached hydrogen (secondary N) is 1. The summed E-state index contributed by atoms with van der Waals surface area (Å²) >= 11 is 0. The average molecular weight is 231 g/mol.